The molecule has 1 heterocycles. The minimum Gasteiger partial charge on any atom is -0.355 e. The average molecular weight is 345 g/mol. The van der Waals surface area contributed by atoms with Crippen LogP contribution >= 0.6 is 0 Å². The Morgan fingerprint density at radius 3 is 2.35 bits per heavy atom. The van der Waals surface area contributed by atoms with Crippen molar-refractivity contribution in [2.45, 2.75) is 20.8 Å². The number of amides is 1. The molecule has 0 saturated heterocycles. The van der Waals surface area contributed by atoms with Gasteiger partial charge in [0.25, 0.3) is 5.91 Å². The molecule has 4 heteroatoms. The molecule has 26 heavy (non-hydrogen) atoms. The highest BCUT2D eigenvalue weighted by Crippen LogP contribution is 2.25. The predicted molar refractivity (Wildman–Crippen MR) is 107 cm³/mol. The van der Waals surface area contributed by atoms with Gasteiger partial charge in [0.05, 0.1) is 0 Å². The van der Waals surface area contributed by atoms with Crippen LogP contribution in [0.5, 0.6) is 0 Å². The van der Waals surface area contributed by atoms with Crippen molar-refractivity contribution in [2.75, 3.05) is 16.8 Å². The Balaban J connectivity index is 1.88. The number of aryl methyl sites for hydroxylation is 2. The van der Waals surface area contributed by atoms with Crippen molar-refractivity contribution < 1.29 is 4.79 Å². The first-order chi connectivity index (χ1) is 12.6. The third-order valence-corrected chi connectivity index (χ3v) is 4.36. The SMILES string of the molecule is CCN(C(=O)c1cc(Nc2c(C)cccc2C)ccn1)c1ccccc1. The lowest BCUT2D eigenvalue weighted by molar-refractivity contribution is 0.0983. The van der Waals surface area contributed by atoms with E-state index in [2.05, 4.69) is 36.3 Å². The summed E-state index contributed by atoms with van der Waals surface area (Å²) >= 11 is 0. The van der Waals surface area contributed by atoms with Gasteiger partial charge in [-0.25, -0.2) is 0 Å². The van der Waals surface area contributed by atoms with Crippen LogP contribution in [0.4, 0.5) is 17.1 Å². The van der Waals surface area contributed by atoms with Crippen LogP contribution in [-0.4, -0.2) is 17.4 Å². The summed E-state index contributed by atoms with van der Waals surface area (Å²) in [6.45, 7) is 6.68. The number of pyridine rings is 1. The topological polar surface area (TPSA) is 45.2 Å². The first-order valence-corrected chi connectivity index (χ1v) is 8.76. The van der Waals surface area contributed by atoms with Crippen molar-refractivity contribution in [3.05, 3.63) is 83.7 Å². The fraction of sp³-hybridized carbons (Fsp3) is 0.182. The van der Waals surface area contributed by atoms with E-state index >= 15 is 0 Å². The maximum atomic E-state index is 13.0. The van der Waals surface area contributed by atoms with Crippen molar-refractivity contribution in [1.82, 2.24) is 4.98 Å². The minimum atomic E-state index is -0.108. The van der Waals surface area contributed by atoms with Crippen LogP contribution in [0.25, 0.3) is 0 Å². The molecular weight excluding hydrogens is 322 g/mol. The van der Waals surface area contributed by atoms with Gasteiger partial charge < -0.3 is 10.2 Å². The molecule has 0 saturated carbocycles. The zero-order valence-corrected chi connectivity index (χ0v) is 15.4. The molecule has 3 aromatic rings. The minimum absolute atomic E-state index is 0.108. The maximum absolute atomic E-state index is 13.0. The van der Waals surface area contributed by atoms with E-state index in [0.29, 0.717) is 12.2 Å². The Hall–Kier alpha value is -3.14. The molecule has 0 aliphatic rings. The molecule has 1 N–H and O–H groups in total. The first-order valence-electron chi connectivity index (χ1n) is 8.76. The van der Waals surface area contributed by atoms with Crippen LogP contribution in [-0.2, 0) is 0 Å². The number of nitrogens with one attached hydrogen (secondary N) is 1. The zero-order chi connectivity index (χ0) is 18.5. The van der Waals surface area contributed by atoms with Gasteiger partial charge in [-0.2, -0.15) is 0 Å². The quantitative estimate of drug-likeness (QED) is 0.699. The van der Waals surface area contributed by atoms with Crippen molar-refractivity contribution in [3.8, 4) is 0 Å². The van der Waals surface area contributed by atoms with Crippen molar-refractivity contribution in [1.29, 1.82) is 0 Å². The highest BCUT2D eigenvalue weighted by molar-refractivity contribution is 6.05. The van der Waals surface area contributed by atoms with E-state index in [4.69, 9.17) is 0 Å². The van der Waals surface area contributed by atoms with E-state index in [9.17, 15) is 4.79 Å². The molecule has 0 atom stereocenters. The molecule has 0 aliphatic carbocycles. The molecule has 4 nitrogen and oxygen atoms in total. The molecule has 132 valence electrons. The predicted octanol–water partition coefficient (Wildman–Crippen LogP) is 5.11. The average Bonchev–Trinajstić information content (AvgIpc) is 2.66. The molecule has 0 spiro atoms. The number of carbonyl (C=O) groups is 1. The molecular formula is C22H23N3O. The highest BCUT2D eigenvalue weighted by Gasteiger charge is 2.17. The number of aromatic nitrogens is 1. The van der Waals surface area contributed by atoms with Crippen LogP contribution in [0.1, 0.15) is 28.5 Å². The van der Waals surface area contributed by atoms with Crippen LogP contribution in [0.3, 0.4) is 0 Å². The van der Waals surface area contributed by atoms with Crippen LogP contribution < -0.4 is 10.2 Å². The zero-order valence-electron chi connectivity index (χ0n) is 15.4. The lowest BCUT2D eigenvalue weighted by Crippen LogP contribution is -2.31. The van der Waals surface area contributed by atoms with Crippen molar-refractivity contribution in [3.63, 3.8) is 0 Å². The molecule has 2 aromatic carbocycles. The number of nitrogens with zero attached hydrogens (tertiary/aromatic N) is 2. The van der Waals surface area contributed by atoms with Gasteiger partial charge in [-0.15, -0.1) is 0 Å². The Kier molecular flexibility index (Phi) is 5.32. The van der Waals surface area contributed by atoms with Crippen LogP contribution in [0.15, 0.2) is 66.9 Å². The van der Waals surface area contributed by atoms with Gasteiger partial charge in [0.1, 0.15) is 5.69 Å². The summed E-state index contributed by atoms with van der Waals surface area (Å²) in [5.74, 6) is -0.108. The molecule has 0 aliphatic heterocycles. The largest absolute Gasteiger partial charge is 0.355 e. The fourth-order valence-corrected chi connectivity index (χ4v) is 2.97. The molecule has 0 fully saturated rings. The number of hydrogen-bond acceptors (Lipinski definition) is 3. The van der Waals surface area contributed by atoms with Crippen molar-refractivity contribution in [2.24, 2.45) is 0 Å². The lowest BCUT2D eigenvalue weighted by atomic mass is 10.1. The summed E-state index contributed by atoms with van der Waals surface area (Å²) in [4.78, 5) is 19.0. The lowest BCUT2D eigenvalue weighted by Gasteiger charge is -2.21. The Morgan fingerprint density at radius 2 is 1.69 bits per heavy atom. The molecule has 0 bridgehead atoms. The number of carbonyl (C=O) groups excluding carboxylic acids is 1. The molecule has 1 amide bonds. The second-order valence-corrected chi connectivity index (χ2v) is 6.21. The van der Waals surface area contributed by atoms with Gasteiger partial charge in [0.2, 0.25) is 0 Å². The Labute approximate surface area is 154 Å². The van der Waals surface area contributed by atoms with Gasteiger partial charge >= 0.3 is 0 Å². The smallest absolute Gasteiger partial charge is 0.276 e. The fourth-order valence-electron chi connectivity index (χ4n) is 2.97. The van der Waals surface area contributed by atoms with E-state index in [1.54, 1.807) is 17.2 Å². The van der Waals surface area contributed by atoms with Gasteiger partial charge in [0, 0.05) is 29.8 Å². The van der Waals surface area contributed by atoms with Gasteiger partial charge in [-0.3, -0.25) is 9.78 Å². The Bertz CT molecular complexity index is 886. The highest BCUT2D eigenvalue weighted by atomic mass is 16.2. The summed E-state index contributed by atoms with van der Waals surface area (Å²) < 4.78 is 0. The first kappa shape index (κ1) is 17.7. The summed E-state index contributed by atoms with van der Waals surface area (Å²) in [5, 5.41) is 3.42. The van der Waals surface area contributed by atoms with E-state index in [1.807, 2.05) is 49.4 Å². The summed E-state index contributed by atoms with van der Waals surface area (Å²) in [7, 11) is 0. The summed E-state index contributed by atoms with van der Waals surface area (Å²) in [6.07, 6.45) is 1.67. The van der Waals surface area contributed by atoms with E-state index in [0.717, 1.165) is 28.2 Å². The monoisotopic (exact) mass is 345 g/mol. The molecule has 0 unspecified atom stereocenters. The van der Waals surface area contributed by atoms with Crippen molar-refractivity contribution >= 4 is 23.0 Å². The second kappa shape index (κ2) is 7.83. The molecule has 1 aromatic heterocycles. The normalized spacial score (nSPS) is 10.4. The third-order valence-electron chi connectivity index (χ3n) is 4.36. The summed E-state index contributed by atoms with van der Waals surface area (Å²) in [5.41, 5.74) is 5.53. The Morgan fingerprint density at radius 1 is 1.00 bits per heavy atom. The second-order valence-electron chi connectivity index (χ2n) is 6.21. The van der Waals surface area contributed by atoms with E-state index < -0.39 is 0 Å². The van der Waals surface area contributed by atoms with Gasteiger partial charge in [-0.05, 0) is 56.2 Å². The number of benzene rings is 2. The van der Waals surface area contributed by atoms with Crippen LogP contribution in [0.2, 0.25) is 0 Å². The van der Waals surface area contributed by atoms with E-state index in [-0.39, 0.29) is 5.91 Å². The van der Waals surface area contributed by atoms with E-state index in [1.165, 1.54) is 0 Å². The number of hydrogen-bond donors (Lipinski definition) is 1. The third kappa shape index (κ3) is 3.75. The number of rotatable bonds is 5. The van der Waals surface area contributed by atoms with Crippen LogP contribution in [0, 0.1) is 13.8 Å². The number of anilines is 3. The number of para-hydroxylation sites is 2. The van der Waals surface area contributed by atoms with Gasteiger partial charge in [0.15, 0.2) is 0 Å². The molecule has 0 radical (unpaired) electrons. The standard InChI is InChI=1S/C22H23N3O/c1-4-25(19-11-6-5-7-12-19)22(26)20-15-18(13-14-23-20)24-21-16(2)9-8-10-17(21)3/h5-15H,4H2,1-3H3,(H,23,24). The van der Waals surface area contributed by atoms with Gasteiger partial charge in [-0.1, -0.05) is 36.4 Å². The molecule has 3 rings (SSSR count). The maximum Gasteiger partial charge on any atom is 0.276 e. The summed E-state index contributed by atoms with van der Waals surface area (Å²) in [6, 6.07) is 19.5.